The summed E-state index contributed by atoms with van der Waals surface area (Å²) in [4.78, 5) is 14.4. The normalized spacial score (nSPS) is 17.1. The lowest BCUT2D eigenvalue weighted by Gasteiger charge is -2.32. The van der Waals surface area contributed by atoms with Gasteiger partial charge in [0.25, 0.3) is 0 Å². The number of hydrogen-bond acceptors (Lipinski definition) is 4. The third kappa shape index (κ3) is 3.97. The molecule has 1 aromatic heterocycles. The van der Waals surface area contributed by atoms with Gasteiger partial charge in [-0.1, -0.05) is 12.1 Å². The fourth-order valence-corrected chi connectivity index (χ4v) is 3.20. The van der Waals surface area contributed by atoms with Crippen molar-refractivity contribution in [2.45, 2.75) is 38.6 Å². The predicted molar refractivity (Wildman–Crippen MR) is 94.0 cm³/mol. The number of carbonyl (C=O) groups excluding carboxylic acids is 1. The van der Waals surface area contributed by atoms with Gasteiger partial charge in [-0.2, -0.15) is 5.26 Å². The van der Waals surface area contributed by atoms with Gasteiger partial charge in [-0.15, -0.1) is 10.2 Å². The zero-order valence-electron chi connectivity index (χ0n) is 14.4. The van der Waals surface area contributed by atoms with E-state index in [2.05, 4.69) is 28.5 Å². The maximum atomic E-state index is 12.6. The highest BCUT2D eigenvalue weighted by molar-refractivity contribution is 5.89. The molecule has 7 heteroatoms. The first kappa shape index (κ1) is 17.0. The molecule has 1 saturated heterocycles. The van der Waals surface area contributed by atoms with Crippen LogP contribution in [0, 0.1) is 11.3 Å². The van der Waals surface area contributed by atoms with Crippen molar-refractivity contribution in [1.29, 1.82) is 5.26 Å². The van der Waals surface area contributed by atoms with Gasteiger partial charge in [0.15, 0.2) is 0 Å². The SMILES string of the molecule is CCn1cnnc1[C@@H]1CCCN(C(=O)Nc2ccc(CC#N)cc2)C1. The van der Waals surface area contributed by atoms with E-state index in [1.807, 2.05) is 33.7 Å². The van der Waals surface area contributed by atoms with Crippen LogP contribution in [0.15, 0.2) is 30.6 Å². The van der Waals surface area contributed by atoms with E-state index in [0.717, 1.165) is 43.0 Å². The van der Waals surface area contributed by atoms with Crippen LogP contribution in [-0.4, -0.2) is 38.8 Å². The smallest absolute Gasteiger partial charge is 0.321 e. The molecule has 0 saturated carbocycles. The van der Waals surface area contributed by atoms with Crippen LogP contribution >= 0.6 is 0 Å². The Morgan fingerprint density at radius 1 is 1.40 bits per heavy atom. The molecular weight excluding hydrogens is 316 g/mol. The van der Waals surface area contributed by atoms with Gasteiger partial charge >= 0.3 is 6.03 Å². The van der Waals surface area contributed by atoms with Crippen molar-refractivity contribution in [3.63, 3.8) is 0 Å². The Bertz CT molecular complexity index is 761. The highest BCUT2D eigenvalue weighted by Gasteiger charge is 2.27. The van der Waals surface area contributed by atoms with Gasteiger partial charge in [0.05, 0.1) is 12.5 Å². The number of anilines is 1. The van der Waals surface area contributed by atoms with Crippen LogP contribution in [0.2, 0.25) is 0 Å². The maximum absolute atomic E-state index is 12.6. The summed E-state index contributed by atoms with van der Waals surface area (Å²) >= 11 is 0. The Kier molecular flexibility index (Phi) is 5.29. The first-order valence-corrected chi connectivity index (χ1v) is 8.60. The monoisotopic (exact) mass is 338 g/mol. The van der Waals surface area contributed by atoms with Crippen LogP contribution in [0.4, 0.5) is 10.5 Å². The molecule has 1 aliphatic heterocycles. The lowest BCUT2D eigenvalue weighted by Crippen LogP contribution is -2.42. The Morgan fingerprint density at radius 3 is 2.92 bits per heavy atom. The molecule has 0 radical (unpaired) electrons. The molecule has 0 aliphatic carbocycles. The number of carbonyl (C=O) groups is 1. The predicted octanol–water partition coefficient (Wildman–Crippen LogP) is 2.78. The molecule has 0 spiro atoms. The van der Waals surface area contributed by atoms with Crippen molar-refractivity contribution in [1.82, 2.24) is 19.7 Å². The van der Waals surface area contributed by atoms with E-state index in [-0.39, 0.29) is 11.9 Å². The molecule has 7 nitrogen and oxygen atoms in total. The van der Waals surface area contributed by atoms with Crippen LogP contribution in [0.3, 0.4) is 0 Å². The Morgan fingerprint density at radius 2 is 2.20 bits per heavy atom. The van der Waals surface area contributed by atoms with Crippen molar-refractivity contribution in [2.24, 2.45) is 0 Å². The molecule has 3 rings (SSSR count). The number of aromatic nitrogens is 3. The third-order valence-corrected chi connectivity index (χ3v) is 4.55. The van der Waals surface area contributed by atoms with Gasteiger partial charge in [-0.25, -0.2) is 4.79 Å². The molecule has 1 aliphatic rings. The highest BCUT2D eigenvalue weighted by Crippen LogP contribution is 2.26. The van der Waals surface area contributed by atoms with Crippen molar-refractivity contribution in [2.75, 3.05) is 18.4 Å². The Balaban J connectivity index is 1.63. The number of piperidine rings is 1. The number of benzene rings is 1. The van der Waals surface area contributed by atoms with Gasteiger partial charge in [-0.05, 0) is 37.5 Å². The van der Waals surface area contributed by atoms with Crippen LogP contribution < -0.4 is 5.32 Å². The van der Waals surface area contributed by atoms with Crippen molar-refractivity contribution in [3.8, 4) is 6.07 Å². The molecule has 130 valence electrons. The van der Waals surface area contributed by atoms with Gasteiger partial charge in [0, 0.05) is 31.2 Å². The average Bonchev–Trinajstić information content (AvgIpc) is 3.12. The number of aryl methyl sites for hydroxylation is 1. The van der Waals surface area contributed by atoms with Crippen molar-refractivity contribution in [3.05, 3.63) is 42.0 Å². The minimum atomic E-state index is -0.0969. The molecule has 2 amide bonds. The van der Waals surface area contributed by atoms with E-state index in [4.69, 9.17) is 5.26 Å². The van der Waals surface area contributed by atoms with Crippen molar-refractivity contribution >= 4 is 11.7 Å². The first-order valence-electron chi connectivity index (χ1n) is 8.60. The number of amides is 2. The molecule has 0 unspecified atom stereocenters. The quantitative estimate of drug-likeness (QED) is 0.928. The van der Waals surface area contributed by atoms with Gasteiger partial charge in [0.1, 0.15) is 12.2 Å². The molecule has 1 fully saturated rings. The molecule has 1 N–H and O–H groups in total. The number of urea groups is 1. The number of nitrogens with one attached hydrogen (secondary N) is 1. The summed E-state index contributed by atoms with van der Waals surface area (Å²) in [5, 5.41) is 19.9. The van der Waals surface area contributed by atoms with Crippen LogP contribution in [0.1, 0.15) is 37.1 Å². The fraction of sp³-hybridized carbons (Fsp3) is 0.444. The molecular formula is C18H22N6O. The summed E-state index contributed by atoms with van der Waals surface area (Å²) in [6.45, 7) is 4.29. The van der Waals surface area contributed by atoms with Gasteiger partial charge < -0.3 is 14.8 Å². The average molecular weight is 338 g/mol. The topological polar surface area (TPSA) is 86.8 Å². The maximum Gasteiger partial charge on any atom is 0.321 e. The number of rotatable bonds is 4. The summed E-state index contributed by atoms with van der Waals surface area (Å²) in [5.74, 6) is 1.18. The summed E-state index contributed by atoms with van der Waals surface area (Å²) in [5.41, 5.74) is 1.68. The largest absolute Gasteiger partial charge is 0.324 e. The number of nitrogens with zero attached hydrogens (tertiary/aromatic N) is 5. The minimum Gasteiger partial charge on any atom is -0.324 e. The highest BCUT2D eigenvalue weighted by atomic mass is 16.2. The van der Waals surface area contributed by atoms with Gasteiger partial charge in [0.2, 0.25) is 0 Å². The van der Waals surface area contributed by atoms with E-state index in [1.165, 1.54) is 0 Å². The standard InChI is InChI=1S/C18H22N6O/c1-2-23-13-20-22-17(23)15-4-3-11-24(12-15)18(25)21-16-7-5-14(6-8-16)9-10-19/h5-8,13,15H,2-4,9,11-12H2,1H3,(H,21,25)/t15-/m1/s1. The second-order valence-electron chi connectivity index (χ2n) is 6.22. The molecule has 25 heavy (non-hydrogen) atoms. The minimum absolute atomic E-state index is 0.0969. The zero-order valence-corrected chi connectivity index (χ0v) is 14.4. The Hall–Kier alpha value is -2.88. The molecule has 1 atom stereocenters. The van der Waals surface area contributed by atoms with E-state index in [9.17, 15) is 4.79 Å². The Labute approximate surface area is 147 Å². The van der Waals surface area contributed by atoms with E-state index < -0.39 is 0 Å². The molecule has 1 aromatic carbocycles. The van der Waals surface area contributed by atoms with Crippen LogP contribution in [-0.2, 0) is 13.0 Å². The second kappa shape index (κ2) is 7.79. The molecule has 0 bridgehead atoms. The fourth-order valence-electron chi connectivity index (χ4n) is 3.20. The second-order valence-corrected chi connectivity index (χ2v) is 6.22. The number of likely N-dealkylation sites (tertiary alicyclic amines) is 1. The summed E-state index contributed by atoms with van der Waals surface area (Å²) in [7, 11) is 0. The summed E-state index contributed by atoms with van der Waals surface area (Å²) in [6, 6.07) is 9.41. The summed E-state index contributed by atoms with van der Waals surface area (Å²) < 4.78 is 2.04. The lowest BCUT2D eigenvalue weighted by molar-refractivity contribution is 0.190. The lowest BCUT2D eigenvalue weighted by atomic mass is 9.97. The zero-order chi connectivity index (χ0) is 17.6. The van der Waals surface area contributed by atoms with Crippen LogP contribution in [0.5, 0.6) is 0 Å². The molecule has 2 heterocycles. The number of hydrogen-bond donors (Lipinski definition) is 1. The van der Waals surface area contributed by atoms with Gasteiger partial charge in [-0.3, -0.25) is 0 Å². The molecule has 2 aromatic rings. The van der Waals surface area contributed by atoms with Crippen LogP contribution in [0.25, 0.3) is 0 Å². The van der Waals surface area contributed by atoms with E-state index in [0.29, 0.717) is 13.0 Å². The van der Waals surface area contributed by atoms with E-state index in [1.54, 1.807) is 6.33 Å². The first-order chi connectivity index (χ1) is 12.2. The summed E-state index contributed by atoms with van der Waals surface area (Å²) in [6.07, 6.45) is 4.10. The van der Waals surface area contributed by atoms with E-state index >= 15 is 0 Å². The number of nitriles is 1. The van der Waals surface area contributed by atoms with Crippen molar-refractivity contribution < 1.29 is 4.79 Å². The third-order valence-electron chi connectivity index (χ3n) is 4.55.